The normalized spacial score (nSPS) is 14.2. The van der Waals surface area contributed by atoms with Crippen molar-refractivity contribution in [1.29, 1.82) is 0 Å². The summed E-state index contributed by atoms with van der Waals surface area (Å²) in [5, 5.41) is 3.50. The lowest BCUT2D eigenvalue weighted by molar-refractivity contribution is -0.111. The molecule has 4 rings (SSSR count). The van der Waals surface area contributed by atoms with E-state index in [1.165, 1.54) is 17.1 Å². The van der Waals surface area contributed by atoms with Crippen LogP contribution in [0.1, 0.15) is 67.9 Å². The highest BCUT2D eigenvalue weighted by atomic mass is 16.1. The molecule has 6 nitrogen and oxygen atoms in total. The first-order valence-electron chi connectivity index (χ1n) is 17.0. The SMILES string of the molecule is CCN(c1ccc(CC2=CC(=Nc3ccc(N(CC)C(C)C)cc3)C(Nc3ccc(N(CC)C(C)C)cc3)=CC2=O)cc1)C(C)C. The molecule has 6 heteroatoms. The predicted octanol–water partition coefficient (Wildman–Crippen LogP) is 9.21. The fourth-order valence-corrected chi connectivity index (χ4v) is 6.25. The van der Waals surface area contributed by atoms with Gasteiger partial charge in [-0.05, 0) is 135 Å². The quantitative estimate of drug-likeness (QED) is 0.182. The molecule has 0 bridgehead atoms. The first-order valence-corrected chi connectivity index (χ1v) is 17.0. The van der Waals surface area contributed by atoms with Gasteiger partial charge in [-0.1, -0.05) is 12.1 Å². The van der Waals surface area contributed by atoms with Crippen LogP contribution in [0.15, 0.2) is 101 Å². The summed E-state index contributed by atoms with van der Waals surface area (Å²) in [7, 11) is 0. The zero-order valence-electron chi connectivity index (χ0n) is 29.3. The molecule has 1 N–H and O–H groups in total. The van der Waals surface area contributed by atoms with E-state index in [0.717, 1.165) is 47.9 Å². The van der Waals surface area contributed by atoms with Gasteiger partial charge in [0, 0.05) is 78.6 Å². The zero-order chi connectivity index (χ0) is 33.4. The maximum atomic E-state index is 13.5. The van der Waals surface area contributed by atoms with E-state index in [-0.39, 0.29) is 5.78 Å². The topological polar surface area (TPSA) is 51.2 Å². The molecule has 1 aliphatic carbocycles. The number of carbonyl (C=O) groups is 1. The largest absolute Gasteiger partial charge is 0.369 e. The van der Waals surface area contributed by atoms with Gasteiger partial charge in [0.15, 0.2) is 5.78 Å². The predicted molar refractivity (Wildman–Crippen MR) is 199 cm³/mol. The van der Waals surface area contributed by atoms with Crippen LogP contribution in [0.5, 0.6) is 0 Å². The van der Waals surface area contributed by atoms with E-state index >= 15 is 0 Å². The van der Waals surface area contributed by atoms with Crippen molar-refractivity contribution in [3.05, 3.63) is 102 Å². The van der Waals surface area contributed by atoms with Crippen LogP contribution in [0.4, 0.5) is 28.4 Å². The maximum absolute atomic E-state index is 13.5. The molecule has 3 aromatic carbocycles. The summed E-state index contributed by atoms with van der Waals surface area (Å²) in [5.41, 5.74) is 8.59. The van der Waals surface area contributed by atoms with Crippen molar-refractivity contribution in [2.45, 2.75) is 86.9 Å². The summed E-state index contributed by atoms with van der Waals surface area (Å²) in [4.78, 5) is 25.7. The first-order chi connectivity index (χ1) is 22.0. The molecule has 0 saturated heterocycles. The maximum Gasteiger partial charge on any atom is 0.184 e. The zero-order valence-corrected chi connectivity index (χ0v) is 29.3. The Hall–Kier alpha value is -4.32. The van der Waals surface area contributed by atoms with Crippen molar-refractivity contribution in [3.8, 4) is 0 Å². The van der Waals surface area contributed by atoms with Gasteiger partial charge < -0.3 is 20.0 Å². The Kier molecular flexibility index (Phi) is 11.9. The van der Waals surface area contributed by atoms with E-state index in [1.807, 2.05) is 6.08 Å². The molecule has 0 unspecified atom stereocenters. The Labute approximate surface area is 277 Å². The van der Waals surface area contributed by atoms with Gasteiger partial charge in [-0.15, -0.1) is 0 Å². The highest BCUT2D eigenvalue weighted by Crippen LogP contribution is 2.27. The van der Waals surface area contributed by atoms with Crippen LogP contribution < -0.4 is 20.0 Å². The van der Waals surface area contributed by atoms with Gasteiger partial charge in [0.2, 0.25) is 0 Å². The second-order valence-corrected chi connectivity index (χ2v) is 12.8. The minimum Gasteiger partial charge on any atom is -0.369 e. The minimum absolute atomic E-state index is 0.00217. The van der Waals surface area contributed by atoms with Crippen molar-refractivity contribution in [3.63, 3.8) is 0 Å². The standard InChI is InChI=1S/C40H53N5O/c1-10-43(28(4)5)35-19-13-31(14-20-35)25-32-26-38(41-33-15-21-36(22-16-33)44(11-2)29(6)7)39(27-40(32)46)42-34-17-23-37(24-18-34)45(12-3)30(8)9/h13-24,26-30,42H,10-12,25H2,1-9H3. The van der Waals surface area contributed by atoms with Crippen LogP contribution in [-0.4, -0.2) is 49.3 Å². The van der Waals surface area contributed by atoms with Crippen molar-refractivity contribution in [1.82, 2.24) is 0 Å². The molecule has 3 aromatic rings. The van der Waals surface area contributed by atoms with Gasteiger partial charge in [-0.3, -0.25) is 4.79 Å². The molecular formula is C40H53N5O. The number of nitrogens with one attached hydrogen (secondary N) is 1. The third-order valence-electron chi connectivity index (χ3n) is 8.64. The molecule has 0 fully saturated rings. The van der Waals surface area contributed by atoms with Gasteiger partial charge in [0.1, 0.15) is 0 Å². The minimum atomic E-state index is 0.00217. The number of carbonyl (C=O) groups excluding carboxylic acids is 1. The van der Waals surface area contributed by atoms with Crippen molar-refractivity contribution >= 4 is 39.9 Å². The van der Waals surface area contributed by atoms with Gasteiger partial charge in [0.25, 0.3) is 0 Å². The fraction of sp³-hybridized carbons (Fsp3) is 0.400. The second-order valence-electron chi connectivity index (χ2n) is 12.8. The Morgan fingerprint density at radius 3 is 1.48 bits per heavy atom. The van der Waals surface area contributed by atoms with E-state index in [4.69, 9.17) is 4.99 Å². The number of hydrogen-bond donors (Lipinski definition) is 1. The summed E-state index contributed by atoms with van der Waals surface area (Å²) in [5.74, 6) is 0.00217. The molecule has 46 heavy (non-hydrogen) atoms. The van der Waals surface area contributed by atoms with Crippen molar-refractivity contribution < 1.29 is 4.79 Å². The highest BCUT2D eigenvalue weighted by molar-refractivity contribution is 6.23. The van der Waals surface area contributed by atoms with E-state index in [2.05, 4.69) is 155 Å². The van der Waals surface area contributed by atoms with E-state index < -0.39 is 0 Å². The Balaban J connectivity index is 1.65. The molecule has 244 valence electrons. The van der Waals surface area contributed by atoms with Crippen LogP contribution in [-0.2, 0) is 11.2 Å². The van der Waals surface area contributed by atoms with Crippen LogP contribution in [0.25, 0.3) is 0 Å². The summed E-state index contributed by atoms with van der Waals surface area (Å²) < 4.78 is 0. The van der Waals surface area contributed by atoms with E-state index in [0.29, 0.717) is 30.2 Å². The van der Waals surface area contributed by atoms with Gasteiger partial charge >= 0.3 is 0 Å². The Bertz CT molecular complexity index is 1530. The molecule has 0 heterocycles. The Morgan fingerprint density at radius 2 is 1.04 bits per heavy atom. The van der Waals surface area contributed by atoms with Crippen LogP contribution in [0, 0.1) is 0 Å². The molecule has 0 aromatic heterocycles. The number of ketones is 1. The molecule has 0 atom stereocenters. The number of anilines is 4. The van der Waals surface area contributed by atoms with Gasteiger partial charge in [-0.2, -0.15) is 0 Å². The molecule has 0 radical (unpaired) electrons. The number of hydrogen-bond acceptors (Lipinski definition) is 6. The van der Waals surface area contributed by atoms with Crippen LogP contribution in [0.2, 0.25) is 0 Å². The molecule has 0 aliphatic heterocycles. The summed E-state index contributed by atoms with van der Waals surface area (Å²) in [6.07, 6.45) is 4.20. The smallest absolute Gasteiger partial charge is 0.184 e. The average molecular weight is 620 g/mol. The molecule has 0 saturated carbocycles. The third kappa shape index (κ3) is 8.48. The fourth-order valence-electron chi connectivity index (χ4n) is 6.25. The van der Waals surface area contributed by atoms with Crippen LogP contribution >= 0.6 is 0 Å². The average Bonchev–Trinajstić information content (AvgIpc) is 3.02. The lowest BCUT2D eigenvalue weighted by Crippen LogP contribution is -2.30. The first kappa shape index (κ1) is 34.6. The number of allylic oxidation sites excluding steroid dienone is 3. The van der Waals surface area contributed by atoms with Gasteiger partial charge in [-0.25, -0.2) is 4.99 Å². The number of rotatable bonds is 14. The number of benzene rings is 3. The monoisotopic (exact) mass is 619 g/mol. The number of aliphatic imine (C=N–C) groups is 1. The lowest BCUT2D eigenvalue weighted by atomic mass is 9.94. The second kappa shape index (κ2) is 15.8. The summed E-state index contributed by atoms with van der Waals surface area (Å²) in [6, 6.07) is 26.6. The van der Waals surface area contributed by atoms with Crippen molar-refractivity contribution in [2.75, 3.05) is 39.7 Å². The van der Waals surface area contributed by atoms with Crippen molar-refractivity contribution in [2.24, 2.45) is 4.99 Å². The molecular weight excluding hydrogens is 566 g/mol. The van der Waals surface area contributed by atoms with Gasteiger partial charge in [0.05, 0.1) is 17.1 Å². The van der Waals surface area contributed by atoms with E-state index in [9.17, 15) is 4.79 Å². The van der Waals surface area contributed by atoms with E-state index in [1.54, 1.807) is 6.08 Å². The summed E-state index contributed by atoms with van der Waals surface area (Å²) >= 11 is 0. The third-order valence-corrected chi connectivity index (χ3v) is 8.64. The van der Waals surface area contributed by atoms with Crippen LogP contribution in [0.3, 0.4) is 0 Å². The molecule has 0 amide bonds. The molecule has 0 spiro atoms. The molecule has 1 aliphatic rings. The number of nitrogens with zero attached hydrogens (tertiary/aromatic N) is 4. The Morgan fingerprint density at radius 1 is 0.609 bits per heavy atom. The summed E-state index contributed by atoms with van der Waals surface area (Å²) in [6.45, 7) is 22.6. The lowest BCUT2D eigenvalue weighted by Gasteiger charge is -2.28. The highest BCUT2D eigenvalue weighted by Gasteiger charge is 2.21.